The molecule has 10 nitrogen and oxygen atoms in total. The number of nitrogens with zero attached hydrogens (tertiary/aromatic N) is 4. The summed E-state index contributed by atoms with van der Waals surface area (Å²) in [5.74, 6) is 2.52. The fourth-order valence-electron chi connectivity index (χ4n) is 4.94. The van der Waals surface area contributed by atoms with Crippen molar-refractivity contribution in [1.82, 2.24) is 25.0 Å². The van der Waals surface area contributed by atoms with Crippen molar-refractivity contribution in [2.75, 3.05) is 46.1 Å². The van der Waals surface area contributed by atoms with Crippen molar-refractivity contribution in [3.05, 3.63) is 46.4 Å². The lowest BCUT2D eigenvalue weighted by molar-refractivity contribution is 0.161. The standard InChI is InChI=1S/C25H29N5O5.ClH/c31-22-4-2-17-1-3-20-24(34-13-11-32-20)23(17)30(22)10-9-29-7-5-18(6-8-29)26-16-19-15-21-25(28-27-19)35-14-12-33-21;/h1-4,15,18,26H,5-14,16H2;1H. The molecule has 1 aromatic carbocycles. The summed E-state index contributed by atoms with van der Waals surface area (Å²) in [5, 5.41) is 12.9. The van der Waals surface area contributed by atoms with Gasteiger partial charge in [-0.15, -0.1) is 17.5 Å². The third kappa shape index (κ3) is 5.07. The smallest absolute Gasteiger partial charge is 0.276 e. The van der Waals surface area contributed by atoms with Crippen LogP contribution in [-0.4, -0.2) is 71.8 Å². The van der Waals surface area contributed by atoms with Crippen molar-refractivity contribution in [3.8, 4) is 23.1 Å². The Bertz CT molecular complexity index is 1280. The van der Waals surface area contributed by atoms with Crippen LogP contribution in [-0.2, 0) is 13.1 Å². The summed E-state index contributed by atoms with van der Waals surface area (Å²) in [6.45, 7) is 6.09. The molecule has 1 N–H and O–H groups in total. The minimum atomic E-state index is -0.0165. The van der Waals surface area contributed by atoms with Crippen LogP contribution < -0.4 is 29.8 Å². The molecule has 0 unspecified atom stereocenters. The lowest BCUT2D eigenvalue weighted by Gasteiger charge is -2.32. The average molecular weight is 516 g/mol. The number of likely N-dealkylation sites (tertiary alicyclic amines) is 1. The quantitative estimate of drug-likeness (QED) is 0.528. The Morgan fingerprint density at radius 2 is 1.64 bits per heavy atom. The van der Waals surface area contributed by atoms with Crippen LogP contribution in [0.25, 0.3) is 10.9 Å². The zero-order valence-electron chi connectivity index (χ0n) is 20.0. The number of fused-ring (bicyclic) bond motifs is 4. The molecule has 1 fully saturated rings. The minimum Gasteiger partial charge on any atom is -0.486 e. The second-order valence-electron chi connectivity index (χ2n) is 9.05. The van der Waals surface area contributed by atoms with Gasteiger partial charge in [0.15, 0.2) is 17.2 Å². The highest BCUT2D eigenvalue weighted by molar-refractivity contribution is 5.87. The first-order chi connectivity index (χ1) is 17.2. The predicted octanol–water partition coefficient (Wildman–Crippen LogP) is 2.01. The van der Waals surface area contributed by atoms with E-state index in [0.29, 0.717) is 68.7 Å². The van der Waals surface area contributed by atoms with Gasteiger partial charge in [-0.3, -0.25) is 4.79 Å². The molecule has 2 aromatic heterocycles. The number of benzene rings is 1. The highest BCUT2D eigenvalue weighted by Crippen LogP contribution is 2.37. The van der Waals surface area contributed by atoms with E-state index >= 15 is 0 Å². The van der Waals surface area contributed by atoms with E-state index in [9.17, 15) is 4.79 Å². The molecule has 3 aliphatic rings. The highest BCUT2D eigenvalue weighted by Gasteiger charge is 2.22. The Morgan fingerprint density at radius 1 is 0.889 bits per heavy atom. The maximum Gasteiger partial charge on any atom is 0.276 e. The van der Waals surface area contributed by atoms with Crippen LogP contribution in [0, 0.1) is 0 Å². The first-order valence-corrected chi connectivity index (χ1v) is 12.2. The number of halogens is 1. The maximum atomic E-state index is 12.8. The molecule has 0 radical (unpaired) electrons. The van der Waals surface area contributed by atoms with E-state index < -0.39 is 0 Å². The predicted molar refractivity (Wildman–Crippen MR) is 136 cm³/mol. The summed E-state index contributed by atoms with van der Waals surface area (Å²) in [5.41, 5.74) is 1.66. The number of aromatic nitrogens is 3. The molecule has 0 atom stereocenters. The van der Waals surface area contributed by atoms with Crippen LogP contribution in [0.4, 0.5) is 0 Å². The molecule has 0 aliphatic carbocycles. The van der Waals surface area contributed by atoms with E-state index in [-0.39, 0.29) is 18.0 Å². The summed E-state index contributed by atoms with van der Waals surface area (Å²) in [6, 6.07) is 9.71. The van der Waals surface area contributed by atoms with E-state index in [1.807, 2.05) is 28.8 Å². The molecule has 3 aromatic rings. The third-order valence-electron chi connectivity index (χ3n) is 6.81. The minimum absolute atomic E-state index is 0. The van der Waals surface area contributed by atoms with Gasteiger partial charge in [-0.2, -0.15) is 5.10 Å². The van der Waals surface area contributed by atoms with E-state index in [2.05, 4.69) is 20.4 Å². The van der Waals surface area contributed by atoms with Crippen LogP contribution in [0.2, 0.25) is 0 Å². The molecular formula is C25H30ClN5O5. The largest absolute Gasteiger partial charge is 0.486 e. The maximum absolute atomic E-state index is 12.8. The topological polar surface area (TPSA) is 100.0 Å². The van der Waals surface area contributed by atoms with E-state index in [4.69, 9.17) is 18.9 Å². The first kappa shape index (κ1) is 24.6. The number of piperidine rings is 1. The molecule has 36 heavy (non-hydrogen) atoms. The summed E-state index contributed by atoms with van der Waals surface area (Å²) < 4.78 is 24.5. The number of hydrogen-bond acceptors (Lipinski definition) is 9. The molecule has 3 aliphatic heterocycles. The lowest BCUT2D eigenvalue weighted by Crippen LogP contribution is -2.43. The number of nitrogens with one attached hydrogen (secondary N) is 1. The average Bonchev–Trinajstić information content (AvgIpc) is 2.91. The van der Waals surface area contributed by atoms with Gasteiger partial charge in [0, 0.05) is 43.2 Å². The lowest BCUT2D eigenvalue weighted by atomic mass is 10.0. The first-order valence-electron chi connectivity index (χ1n) is 12.2. The molecule has 0 saturated carbocycles. The monoisotopic (exact) mass is 515 g/mol. The Hall–Kier alpha value is -3.08. The van der Waals surface area contributed by atoms with Gasteiger partial charge in [0.1, 0.15) is 26.4 Å². The molecular weight excluding hydrogens is 486 g/mol. The van der Waals surface area contributed by atoms with Crippen LogP contribution in [0.1, 0.15) is 18.5 Å². The Labute approximate surface area is 214 Å². The Kier molecular flexibility index (Phi) is 7.45. The van der Waals surface area contributed by atoms with Crippen LogP contribution in [0.3, 0.4) is 0 Å². The van der Waals surface area contributed by atoms with E-state index in [0.717, 1.165) is 49.1 Å². The zero-order valence-corrected chi connectivity index (χ0v) is 20.8. The van der Waals surface area contributed by atoms with Crippen molar-refractivity contribution >= 4 is 23.3 Å². The zero-order chi connectivity index (χ0) is 23.6. The van der Waals surface area contributed by atoms with Gasteiger partial charge in [0.2, 0.25) is 0 Å². The molecule has 1 saturated heterocycles. The van der Waals surface area contributed by atoms with Gasteiger partial charge in [0.05, 0.1) is 11.2 Å². The van der Waals surface area contributed by atoms with Crippen molar-refractivity contribution < 1.29 is 18.9 Å². The highest BCUT2D eigenvalue weighted by atomic mass is 35.5. The molecule has 192 valence electrons. The second kappa shape index (κ2) is 10.9. The normalized spacial score (nSPS) is 17.6. The van der Waals surface area contributed by atoms with Crippen LogP contribution in [0.15, 0.2) is 35.1 Å². The number of rotatable bonds is 6. The molecule has 6 rings (SSSR count). The number of hydrogen-bond donors (Lipinski definition) is 1. The summed E-state index contributed by atoms with van der Waals surface area (Å²) in [7, 11) is 0. The second-order valence-corrected chi connectivity index (χ2v) is 9.05. The van der Waals surface area contributed by atoms with Gasteiger partial charge in [0.25, 0.3) is 11.4 Å². The Morgan fingerprint density at radius 3 is 2.50 bits per heavy atom. The van der Waals surface area contributed by atoms with Crippen molar-refractivity contribution in [3.63, 3.8) is 0 Å². The summed E-state index contributed by atoms with van der Waals surface area (Å²) in [4.78, 5) is 15.2. The number of pyridine rings is 1. The fraction of sp³-hybridized carbons (Fsp3) is 0.480. The van der Waals surface area contributed by atoms with Gasteiger partial charge in [-0.1, -0.05) is 0 Å². The molecule has 0 bridgehead atoms. The van der Waals surface area contributed by atoms with Crippen molar-refractivity contribution in [2.24, 2.45) is 0 Å². The van der Waals surface area contributed by atoms with Gasteiger partial charge in [-0.25, -0.2) is 0 Å². The molecule has 11 heteroatoms. The van der Waals surface area contributed by atoms with Crippen LogP contribution >= 0.6 is 12.4 Å². The molecule has 0 spiro atoms. The Balaban J connectivity index is 0.00000267. The van der Waals surface area contributed by atoms with Crippen molar-refractivity contribution in [1.29, 1.82) is 0 Å². The van der Waals surface area contributed by atoms with Crippen molar-refractivity contribution in [2.45, 2.75) is 32.0 Å². The van der Waals surface area contributed by atoms with Gasteiger partial charge >= 0.3 is 0 Å². The van der Waals surface area contributed by atoms with Gasteiger partial charge in [-0.05, 0) is 44.1 Å². The summed E-state index contributed by atoms with van der Waals surface area (Å²) in [6.07, 6.45) is 2.07. The number of ether oxygens (including phenoxy) is 4. The molecule has 0 amide bonds. The summed E-state index contributed by atoms with van der Waals surface area (Å²) >= 11 is 0. The fourth-order valence-corrected chi connectivity index (χ4v) is 4.94. The van der Waals surface area contributed by atoms with E-state index in [1.165, 1.54) is 0 Å². The van der Waals surface area contributed by atoms with Gasteiger partial charge < -0.3 is 33.7 Å². The third-order valence-corrected chi connectivity index (χ3v) is 6.81. The SMILES string of the molecule is Cl.O=c1ccc2ccc3c(c2n1CCN1CCC(NCc2cc4c(nn2)OCCO4)CC1)OCCO3. The van der Waals surface area contributed by atoms with Crippen LogP contribution in [0.5, 0.6) is 23.1 Å². The van der Waals surface area contributed by atoms with E-state index in [1.54, 1.807) is 6.07 Å². The molecule has 5 heterocycles.